The minimum absolute atomic E-state index is 0.272. The minimum atomic E-state index is -0.482. The average molecular weight is 468 g/mol. The van der Waals surface area contributed by atoms with E-state index >= 15 is 0 Å². The summed E-state index contributed by atoms with van der Waals surface area (Å²) in [5, 5.41) is 11.9. The van der Waals surface area contributed by atoms with Gasteiger partial charge in [-0.2, -0.15) is 5.10 Å². The van der Waals surface area contributed by atoms with Crippen molar-refractivity contribution in [2.24, 2.45) is 12.8 Å². The number of carbonyl (C=O) groups is 1. The van der Waals surface area contributed by atoms with Crippen LogP contribution in [0.1, 0.15) is 29.2 Å². The van der Waals surface area contributed by atoms with Gasteiger partial charge in [-0.05, 0) is 38.1 Å². The molecule has 10 heteroatoms. The van der Waals surface area contributed by atoms with E-state index in [0.29, 0.717) is 40.8 Å². The van der Waals surface area contributed by atoms with Crippen molar-refractivity contribution in [3.8, 4) is 0 Å². The van der Waals surface area contributed by atoms with Crippen LogP contribution in [0.2, 0.25) is 0 Å². The van der Waals surface area contributed by atoms with Gasteiger partial charge >= 0.3 is 0 Å². The molecule has 0 bridgehead atoms. The SMILES string of the molecule is C[C@H]1CN(c2ccc(C(=O)Nc3cc(F)c4nn(C)cc4c3)c3nc(CN)sc23)C[C@H](C)N1. The van der Waals surface area contributed by atoms with Crippen LogP contribution in [0, 0.1) is 5.82 Å². The van der Waals surface area contributed by atoms with Crippen LogP contribution in [0.3, 0.4) is 0 Å². The molecule has 1 saturated heterocycles. The Morgan fingerprint density at radius 3 is 2.76 bits per heavy atom. The van der Waals surface area contributed by atoms with Gasteiger partial charge in [0, 0.05) is 56.0 Å². The Hall–Kier alpha value is -3.08. The number of aryl methyl sites for hydroxylation is 1. The molecule has 4 aromatic rings. The highest BCUT2D eigenvalue weighted by Gasteiger charge is 2.25. The lowest BCUT2D eigenvalue weighted by Crippen LogP contribution is -2.54. The number of piperazine rings is 1. The number of thiazole rings is 1. The first-order valence-corrected chi connectivity index (χ1v) is 11.7. The van der Waals surface area contributed by atoms with Crippen LogP contribution in [0.15, 0.2) is 30.5 Å². The van der Waals surface area contributed by atoms with Gasteiger partial charge in [-0.3, -0.25) is 9.48 Å². The van der Waals surface area contributed by atoms with Crippen molar-refractivity contribution in [2.45, 2.75) is 32.5 Å². The Balaban J connectivity index is 1.52. The average Bonchev–Trinajstić information content (AvgIpc) is 3.35. The molecule has 0 unspecified atom stereocenters. The van der Waals surface area contributed by atoms with E-state index in [2.05, 4.69) is 39.5 Å². The largest absolute Gasteiger partial charge is 0.367 e. The monoisotopic (exact) mass is 467 g/mol. The lowest BCUT2D eigenvalue weighted by atomic mass is 10.1. The quantitative estimate of drug-likeness (QED) is 0.426. The third-order valence-electron chi connectivity index (χ3n) is 5.82. The standard InChI is InChI=1S/C23H26FN7OS/c1-12-9-31(10-13(2)26-12)18-5-4-16(21-22(18)33-19(8-25)28-21)23(32)27-15-6-14-11-30(3)29-20(14)17(24)7-15/h4-7,11-13,26H,8-10,25H2,1-3H3,(H,27,32)/t12-,13-/m0/s1. The maximum Gasteiger partial charge on any atom is 0.257 e. The predicted octanol–water partition coefficient (Wildman–Crippen LogP) is 3.22. The number of benzene rings is 2. The van der Waals surface area contributed by atoms with Gasteiger partial charge in [0.05, 0.1) is 21.5 Å². The van der Waals surface area contributed by atoms with Crippen molar-refractivity contribution < 1.29 is 9.18 Å². The zero-order chi connectivity index (χ0) is 23.3. The summed E-state index contributed by atoms with van der Waals surface area (Å²) in [6.45, 7) is 6.36. The number of hydrogen-bond donors (Lipinski definition) is 3. The second-order valence-corrected chi connectivity index (χ2v) is 9.73. The van der Waals surface area contributed by atoms with Crippen LogP contribution in [0.4, 0.5) is 15.8 Å². The molecular weight excluding hydrogens is 441 g/mol. The van der Waals surface area contributed by atoms with Gasteiger partial charge in [0.1, 0.15) is 10.5 Å². The third kappa shape index (κ3) is 4.05. The van der Waals surface area contributed by atoms with Crippen LogP contribution in [-0.4, -0.2) is 45.8 Å². The highest BCUT2D eigenvalue weighted by Crippen LogP contribution is 2.35. The van der Waals surface area contributed by atoms with Crippen molar-refractivity contribution in [3.05, 3.63) is 46.9 Å². The number of amides is 1. The summed E-state index contributed by atoms with van der Waals surface area (Å²) in [4.78, 5) is 20.2. The van der Waals surface area contributed by atoms with E-state index in [4.69, 9.17) is 5.73 Å². The van der Waals surface area contributed by atoms with Crippen LogP contribution in [0.25, 0.3) is 21.1 Å². The fourth-order valence-electron chi connectivity index (χ4n) is 4.56. The molecule has 0 aliphatic carbocycles. The number of nitrogens with two attached hydrogens (primary N) is 1. The van der Waals surface area contributed by atoms with Crippen molar-refractivity contribution in [3.63, 3.8) is 0 Å². The fraction of sp³-hybridized carbons (Fsp3) is 0.348. The first-order valence-electron chi connectivity index (χ1n) is 10.9. The summed E-state index contributed by atoms with van der Waals surface area (Å²) in [7, 11) is 1.73. The van der Waals surface area contributed by atoms with Gasteiger partial charge < -0.3 is 21.3 Å². The lowest BCUT2D eigenvalue weighted by Gasteiger charge is -2.37. The van der Waals surface area contributed by atoms with E-state index in [1.807, 2.05) is 6.07 Å². The van der Waals surface area contributed by atoms with E-state index in [9.17, 15) is 9.18 Å². The van der Waals surface area contributed by atoms with E-state index in [1.54, 1.807) is 30.1 Å². The van der Waals surface area contributed by atoms with Crippen LogP contribution < -0.4 is 21.3 Å². The van der Waals surface area contributed by atoms with Crippen molar-refractivity contribution in [2.75, 3.05) is 23.3 Å². The molecule has 2 aromatic heterocycles. The second-order valence-electron chi connectivity index (χ2n) is 8.65. The molecule has 4 N–H and O–H groups in total. The molecule has 1 fully saturated rings. The molecule has 172 valence electrons. The highest BCUT2D eigenvalue weighted by molar-refractivity contribution is 7.19. The summed E-state index contributed by atoms with van der Waals surface area (Å²) in [5.74, 6) is -0.824. The Labute approximate surface area is 194 Å². The van der Waals surface area contributed by atoms with Gasteiger partial charge in [-0.15, -0.1) is 11.3 Å². The second kappa shape index (κ2) is 8.36. The number of carbonyl (C=O) groups excluding carboxylic acids is 1. The number of aromatic nitrogens is 3. The van der Waals surface area contributed by atoms with Crippen molar-refractivity contribution in [1.29, 1.82) is 0 Å². The molecule has 1 amide bonds. The summed E-state index contributed by atoms with van der Waals surface area (Å²) >= 11 is 1.52. The molecule has 33 heavy (non-hydrogen) atoms. The number of anilines is 2. The van der Waals surface area contributed by atoms with Gasteiger partial charge in [0.2, 0.25) is 0 Å². The zero-order valence-corrected chi connectivity index (χ0v) is 19.5. The molecule has 5 rings (SSSR count). The molecule has 8 nitrogen and oxygen atoms in total. The first kappa shape index (κ1) is 21.7. The van der Waals surface area contributed by atoms with Crippen molar-refractivity contribution in [1.82, 2.24) is 20.1 Å². The molecule has 1 aliphatic rings. The van der Waals surface area contributed by atoms with E-state index in [0.717, 1.165) is 28.5 Å². The first-order chi connectivity index (χ1) is 15.8. The van der Waals surface area contributed by atoms with Gasteiger partial charge in [-0.25, -0.2) is 9.37 Å². The summed E-state index contributed by atoms with van der Waals surface area (Å²) in [6, 6.07) is 7.48. The number of nitrogens with one attached hydrogen (secondary N) is 2. The zero-order valence-electron chi connectivity index (χ0n) is 18.7. The number of halogens is 1. The molecule has 1 aliphatic heterocycles. The molecule has 0 spiro atoms. The maximum absolute atomic E-state index is 14.5. The number of hydrogen-bond acceptors (Lipinski definition) is 7. The van der Waals surface area contributed by atoms with Gasteiger partial charge in [-0.1, -0.05) is 0 Å². The summed E-state index contributed by atoms with van der Waals surface area (Å²) < 4.78 is 17.0. The van der Waals surface area contributed by atoms with Gasteiger partial charge in [0.25, 0.3) is 5.91 Å². The molecular formula is C23H26FN7OS. The highest BCUT2D eigenvalue weighted by atomic mass is 32.1. The normalized spacial score (nSPS) is 18.9. The molecule has 3 heterocycles. The fourth-order valence-corrected chi connectivity index (χ4v) is 5.57. The Morgan fingerprint density at radius 2 is 2.03 bits per heavy atom. The number of rotatable bonds is 4. The maximum atomic E-state index is 14.5. The van der Waals surface area contributed by atoms with E-state index in [1.165, 1.54) is 17.4 Å². The molecule has 0 radical (unpaired) electrons. The van der Waals surface area contributed by atoms with Crippen LogP contribution in [-0.2, 0) is 13.6 Å². The molecule has 2 aromatic carbocycles. The molecule has 2 atom stereocenters. The van der Waals surface area contributed by atoms with Crippen molar-refractivity contribution >= 4 is 49.7 Å². The summed E-state index contributed by atoms with van der Waals surface area (Å²) in [5.41, 5.74) is 8.64. The van der Waals surface area contributed by atoms with Crippen LogP contribution >= 0.6 is 11.3 Å². The topological polar surface area (TPSA) is 101 Å². The predicted molar refractivity (Wildman–Crippen MR) is 130 cm³/mol. The Kier molecular flexibility index (Phi) is 5.51. The third-order valence-corrected chi connectivity index (χ3v) is 6.92. The number of fused-ring (bicyclic) bond motifs is 2. The molecule has 0 saturated carbocycles. The van der Waals surface area contributed by atoms with Gasteiger partial charge in [0.15, 0.2) is 5.82 Å². The Bertz CT molecular complexity index is 1350. The minimum Gasteiger partial charge on any atom is -0.367 e. The Morgan fingerprint density at radius 1 is 1.27 bits per heavy atom. The van der Waals surface area contributed by atoms with E-state index in [-0.39, 0.29) is 11.4 Å². The smallest absolute Gasteiger partial charge is 0.257 e. The van der Waals surface area contributed by atoms with Crippen LogP contribution in [0.5, 0.6) is 0 Å². The van der Waals surface area contributed by atoms with E-state index < -0.39 is 5.82 Å². The lowest BCUT2D eigenvalue weighted by molar-refractivity contribution is 0.102. The summed E-state index contributed by atoms with van der Waals surface area (Å²) in [6.07, 6.45) is 1.71. The number of nitrogens with zero attached hydrogens (tertiary/aromatic N) is 4.